The molecule has 1 aliphatic heterocycles. The number of piperidine rings is 1. The maximum Gasteiger partial charge on any atom is 0.0585 e. The lowest BCUT2D eigenvalue weighted by atomic mass is 9.61. The fraction of sp³-hybridized carbons (Fsp3) is 1.00. The van der Waals surface area contributed by atoms with Gasteiger partial charge in [0.25, 0.3) is 0 Å². The Labute approximate surface area is 94.0 Å². The second-order valence-corrected chi connectivity index (χ2v) is 5.62. The summed E-state index contributed by atoms with van der Waals surface area (Å²) >= 11 is 0. The maximum absolute atomic E-state index is 5.67. The minimum absolute atomic E-state index is 0.584. The van der Waals surface area contributed by atoms with Crippen LogP contribution in [-0.4, -0.2) is 36.7 Å². The second kappa shape index (κ2) is 4.42. The van der Waals surface area contributed by atoms with Crippen LogP contribution >= 0.6 is 0 Å². The van der Waals surface area contributed by atoms with E-state index in [0.29, 0.717) is 11.5 Å². The molecule has 0 aromatic rings. The fourth-order valence-corrected chi connectivity index (χ4v) is 3.18. The number of hydrogen-bond donors (Lipinski definition) is 0. The van der Waals surface area contributed by atoms with Crippen LogP contribution in [-0.2, 0) is 4.74 Å². The van der Waals surface area contributed by atoms with Crippen LogP contribution in [0.15, 0.2) is 0 Å². The van der Waals surface area contributed by atoms with Crippen LogP contribution in [0.2, 0.25) is 0 Å². The standard InChI is InChI=1S/C13H25NO/c1-4-15-12-9-13(10-12)5-7-14(8-6-13)11(2)3/h11-12H,4-10H2,1-3H3. The minimum atomic E-state index is 0.584. The van der Waals surface area contributed by atoms with Gasteiger partial charge in [-0.2, -0.15) is 0 Å². The van der Waals surface area contributed by atoms with Gasteiger partial charge in [-0.1, -0.05) is 0 Å². The van der Waals surface area contributed by atoms with E-state index in [1.54, 1.807) is 0 Å². The van der Waals surface area contributed by atoms with Gasteiger partial charge in [0.1, 0.15) is 0 Å². The first-order chi connectivity index (χ1) is 7.15. The van der Waals surface area contributed by atoms with Crippen LogP contribution in [0, 0.1) is 5.41 Å². The predicted molar refractivity (Wildman–Crippen MR) is 63.0 cm³/mol. The average Bonchev–Trinajstić information content (AvgIpc) is 2.16. The highest BCUT2D eigenvalue weighted by Crippen LogP contribution is 2.50. The molecule has 2 fully saturated rings. The molecule has 0 unspecified atom stereocenters. The SMILES string of the molecule is CCOC1CC2(CCN(C(C)C)CC2)C1. The van der Waals surface area contributed by atoms with Crippen molar-refractivity contribution in [3.8, 4) is 0 Å². The zero-order valence-electron chi connectivity index (χ0n) is 10.5. The Morgan fingerprint density at radius 3 is 2.33 bits per heavy atom. The molecule has 2 heteroatoms. The summed E-state index contributed by atoms with van der Waals surface area (Å²) in [7, 11) is 0. The predicted octanol–water partition coefficient (Wildman–Crippen LogP) is 2.68. The number of likely N-dealkylation sites (tertiary alicyclic amines) is 1. The zero-order valence-corrected chi connectivity index (χ0v) is 10.5. The summed E-state index contributed by atoms with van der Waals surface area (Å²) in [5.74, 6) is 0. The number of ether oxygens (including phenoxy) is 1. The first-order valence-corrected chi connectivity index (χ1v) is 6.51. The normalized spacial score (nSPS) is 27.2. The summed E-state index contributed by atoms with van der Waals surface area (Å²) in [4.78, 5) is 2.61. The molecule has 0 atom stereocenters. The summed E-state index contributed by atoms with van der Waals surface area (Å²) in [6, 6.07) is 0.727. The smallest absolute Gasteiger partial charge is 0.0585 e. The lowest BCUT2D eigenvalue weighted by molar-refractivity contribution is -0.103. The third kappa shape index (κ3) is 2.36. The highest BCUT2D eigenvalue weighted by atomic mass is 16.5. The Balaban J connectivity index is 1.75. The maximum atomic E-state index is 5.67. The molecule has 0 bridgehead atoms. The van der Waals surface area contributed by atoms with Gasteiger partial charge in [-0.15, -0.1) is 0 Å². The molecular formula is C13H25NO. The molecule has 2 rings (SSSR count). The van der Waals surface area contributed by atoms with Gasteiger partial charge in [-0.25, -0.2) is 0 Å². The fourth-order valence-electron chi connectivity index (χ4n) is 3.18. The highest BCUT2D eigenvalue weighted by molar-refractivity contribution is 4.98. The summed E-state index contributed by atoms with van der Waals surface area (Å²) < 4.78 is 5.67. The minimum Gasteiger partial charge on any atom is -0.378 e. The lowest BCUT2D eigenvalue weighted by Gasteiger charge is -2.52. The van der Waals surface area contributed by atoms with Crippen molar-refractivity contribution in [1.29, 1.82) is 0 Å². The average molecular weight is 211 g/mol. The summed E-state index contributed by atoms with van der Waals surface area (Å²) in [5, 5.41) is 0. The van der Waals surface area contributed by atoms with E-state index in [0.717, 1.165) is 12.6 Å². The van der Waals surface area contributed by atoms with Gasteiger partial charge in [-0.3, -0.25) is 0 Å². The first-order valence-electron chi connectivity index (χ1n) is 6.51. The Morgan fingerprint density at radius 2 is 1.87 bits per heavy atom. The topological polar surface area (TPSA) is 12.5 Å². The summed E-state index contributed by atoms with van der Waals surface area (Å²) in [6.45, 7) is 10.2. The molecule has 0 aromatic carbocycles. The molecule has 0 N–H and O–H groups in total. The Hall–Kier alpha value is -0.0800. The van der Waals surface area contributed by atoms with Crippen molar-refractivity contribution in [3.05, 3.63) is 0 Å². The second-order valence-electron chi connectivity index (χ2n) is 5.62. The van der Waals surface area contributed by atoms with Crippen molar-refractivity contribution in [2.24, 2.45) is 5.41 Å². The van der Waals surface area contributed by atoms with Crippen molar-refractivity contribution in [2.45, 2.75) is 58.6 Å². The van der Waals surface area contributed by atoms with Crippen molar-refractivity contribution in [1.82, 2.24) is 4.90 Å². The monoisotopic (exact) mass is 211 g/mol. The van der Waals surface area contributed by atoms with E-state index in [-0.39, 0.29) is 0 Å². The number of rotatable bonds is 3. The van der Waals surface area contributed by atoms with E-state index < -0.39 is 0 Å². The third-order valence-corrected chi connectivity index (χ3v) is 4.31. The van der Waals surface area contributed by atoms with E-state index in [4.69, 9.17) is 4.74 Å². The largest absolute Gasteiger partial charge is 0.378 e. The molecule has 1 saturated carbocycles. The molecule has 1 saturated heterocycles. The number of hydrogen-bond acceptors (Lipinski definition) is 2. The molecule has 0 aromatic heterocycles. The molecule has 2 nitrogen and oxygen atoms in total. The summed E-state index contributed by atoms with van der Waals surface area (Å²) in [6.07, 6.45) is 6.03. The van der Waals surface area contributed by atoms with E-state index in [2.05, 4.69) is 25.7 Å². The van der Waals surface area contributed by atoms with E-state index in [1.165, 1.54) is 38.8 Å². The Kier molecular flexibility index (Phi) is 3.36. The molecule has 1 aliphatic carbocycles. The lowest BCUT2D eigenvalue weighted by Crippen LogP contribution is -2.51. The van der Waals surface area contributed by atoms with Crippen LogP contribution in [0.1, 0.15) is 46.5 Å². The van der Waals surface area contributed by atoms with Gasteiger partial charge in [-0.05, 0) is 65.0 Å². The molecular weight excluding hydrogens is 186 g/mol. The number of nitrogens with zero attached hydrogens (tertiary/aromatic N) is 1. The zero-order chi connectivity index (χ0) is 10.9. The molecule has 88 valence electrons. The van der Waals surface area contributed by atoms with Crippen LogP contribution in [0.3, 0.4) is 0 Å². The van der Waals surface area contributed by atoms with Gasteiger partial charge in [0, 0.05) is 12.6 Å². The molecule has 1 spiro atoms. The van der Waals surface area contributed by atoms with Gasteiger partial charge < -0.3 is 9.64 Å². The Morgan fingerprint density at radius 1 is 1.27 bits per heavy atom. The molecule has 2 aliphatic rings. The molecule has 15 heavy (non-hydrogen) atoms. The van der Waals surface area contributed by atoms with Gasteiger partial charge in [0.05, 0.1) is 6.10 Å². The van der Waals surface area contributed by atoms with Crippen molar-refractivity contribution >= 4 is 0 Å². The van der Waals surface area contributed by atoms with Gasteiger partial charge in [0.15, 0.2) is 0 Å². The molecule has 1 heterocycles. The third-order valence-electron chi connectivity index (χ3n) is 4.31. The van der Waals surface area contributed by atoms with E-state index >= 15 is 0 Å². The van der Waals surface area contributed by atoms with Gasteiger partial charge >= 0.3 is 0 Å². The van der Waals surface area contributed by atoms with Crippen LogP contribution in [0.5, 0.6) is 0 Å². The van der Waals surface area contributed by atoms with Crippen molar-refractivity contribution in [3.63, 3.8) is 0 Å². The van der Waals surface area contributed by atoms with E-state index in [1.807, 2.05) is 0 Å². The first kappa shape index (κ1) is 11.4. The quantitative estimate of drug-likeness (QED) is 0.711. The van der Waals surface area contributed by atoms with E-state index in [9.17, 15) is 0 Å². The summed E-state index contributed by atoms with van der Waals surface area (Å²) in [5.41, 5.74) is 0.672. The Bertz CT molecular complexity index is 199. The highest BCUT2D eigenvalue weighted by Gasteiger charge is 2.46. The van der Waals surface area contributed by atoms with Crippen LogP contribution in [0.25, 0.3) is 0 Å². The molecule has 0 amide bonds. The van der Waals surface area contributed by atoms with Crippen LogP contribution in [0.4, 0.5) is 0 Å². The van der Waals surface area contributed by atoms with Crippen molar-refractivity contribution < 1.29 is 4.74 Å². The van der Waals surface area contributed by atoms with Gasteiger partial charge in [0.2, 0.25) is 0 Å². The molecule has 0 radical (unpaired) electrons. The van der Waals surface area contributed by atoms with Crippen molar-refractivity contribution in [2.75, 3.05) is 19.7 Å². The van der Waals surface area contributed by atoms with Crippen LogP contribution < -0.4 is 0 Å².